The molecule has 5 nitrogen and oxygen atoms in total. The Hall–Kier alpha value is -2.79. The molecule has 118 valence electrons. The topological polar surface area (TPSA) is 50.8 Å². The van der Waals surface area contributed by atoms with Crippen molar-refractivity contribution >= 4 is 6.29 Å². The third kappa shape index (κ3) is 3.90. The molecule has 0 fully saturated rings. The molecule has 3 rings (SSSR count). The van der Waals surface area contributed by atoms with Gasteiger partial charge in [0.05, 0.1) is 5.56 Å². The van der Waals surface area contributed by atoms with Gasteiger partial charge in [-0.1, -0.05) is 30.3 Å². The van der Waals surface area contributed by atoms with Crippen molar-refractivity contribution in [3.05, 3.63) is 71.9 Å². The van der Waals surface area contributed by atoms with E-state index in [4.69, 9.17) is 9.47 Å². The lowest BCUT2D eigenvalue weighted by Crippen LogP contribution is -2.35. The summed E-state index contributed by atoms with van der Waals surface area (Å²) in [5, 5.41) is 1.82. The molecule has 1 unspecified atom stereocenters. The second-order valence-electron chi connectivity index (χ2n) is 5.21. The van der Waals surface area contributed by atoms with Crippen LogP contribution in [0, 0.1) is 0 Å². The van der Waals surface area contributed by atoms with Gasteiger partial charge in [-0.25, -0.2) is 0 Å². The molecular weight excluding hydrogens is 292 g/mol. The van der Waals surface area contributed by atoms with Crippen LogP contribution in [0.15, 0.2) is 60.8 Å². The molecule has 5 heteroatoms. The van der Waals surface area contributed by atoms with Gasteiger partial charge in [-0.15, -0.1) is 0 Å². The highest BCUT2D eigenvalue weighted by Crippen LogP contribution is 2.25. The van der Waals surface area contributed by atoms with E-state index in [1.165, 1.54) is 0 Å². The van der Waals surface area contributed by atoms with Gasteiger partial charge in [0, 0.05) is 19.3 Å². The van der Waals surface area contributed by atoms with Crippen LogP contribution in [0.1, 0.15) is 15.9 Å². The molecule has 2 aromatic carbocycles. The number of hydrogen-bond acceptors (Lipinski definition) is 5. The Labute approximate surface area is 135 Å². The van der Waals surface area contributed by atoms with E-state index in [9.17, 15) is 4.79 Å². The number of hydrogen-bond donors (Lipinski definition) is 1. The normalized spacial score (nSPS) is 16.4. The van der Waals surface area contributed by atoms with Crippen LogP contribution in [-0.2, 0) is 6.61 Å². The van der Waals surface area contributed by atoms with E-state index in [-0.39, 0.29) is 6.23 Å². The number of nitrogens with zero attached hydrogens (tertiary/aromatic N) is 1. The lowest BCUT2D eigenvalue weighted by Gasteiger charge is -2.17. The van der Waals surface area contributed by atoms with Crippen LogP contribution in [-0.4, -0.2) is 24.6 Å². The van der Waals surface area contributed by atoms with Crippen LogP contribution in [0.5, 0.6) is 11.5 Å². The van der Waals surface area contributed by atoms with Crippen molar-refractivity contribution in [1.82, 2.24) is 10.4 Å². The number of nitrogens with one attached hydrogen (secondary N) is 1. The molecule has 1 atom stereocenters. The summed E-state index contributed by atoms with van der Waals surface area (Å²) >= 11 is 0. The van der Waals surface area contributed by atoms with Crippen molar-refractivity contribution in [3.8, 4) is 11.5 Å². The smallest absolute Gasteiger partial charge is 0.187 e. The summed E-state index contributed by atoms with van der Waals surface area (Å²) < 4.78 is 11.6. The van der Waals surface area contributed by atoms with Gasteiger partial charge in [0.2, 0.25) is 0 Å². The van der Waals surface area contributed by atoms with Crippen LogP contribution in [0.3, 0.4) is 0 Å². The molecule has 0 bridgehead atoms. The highest BCUT2D eigenvalue weighted by atomic mass is 16.5. The molecule has 1 N–H and O–H groups in total. The number of hydrazine groups is 1. The molecule has 2 aromatic rings. The van der Waals surface area contributed by atoms with Crippen LogP contribution in [0.4, 0.5) is 0 Å². The molecular formula is C18H18N2O3. The summed E-state index contributed by atoms with van der Waals surface area (Å²) in [6, 6.07) is 15.0. The second kappa shape index (κ2) is 6.98. The summed E-state index contributed by atoms with van der Waals surface area (Å²) in [5.41, 5.74) is 4.64. The first-order chi connectivity index (χ1) is 11.2. The summed E-state index contributed by atoms with van der Waals surface area (Å²) in [6.07, 6.45) is 4.34. The van der Waals surface area contributed by atoms with Crippen molar-refractivity contribution in [2.75, 3.05) is 7.05 Å². The van der Waals surface area contributed by atoms with Crippen LogP contribution in [0.25, 0.3) is 0 Å². The third-order valence-corrected chi connectivity index (χ3v) is 3.43. The van der Waals surface area contributed by atoms with E-state index in [2.05, 4.69) is 5.43 Å². The Balaban J connectivity index is 1.71. The Morgan fingerprint density at radius 3 is 2.74 bits per heavy atom. The predicted octanol–water partition coefficient (Wildman–Crippen LogP) is 2.75. The van der Waals surface area contributed by atoms with E-state index in [1.54, 1.807) is 18.2 Å². The quantitative estimate of drug-likeness (QED) is 0.832. The van der Waals surface area contributed by atoms with Gasteiger partial charge in [-0.2, -0.15) is 5.43 Å². The molecule has 0 saturated carbocycles. The number of carbonyl (C=O) groups is 1. The van der Waals surface area contributed by atoms with E-state index in [0.717, 1.165) is 11.8 Å². The number of aldehydes is 1. The van der Waals surface area contributed by atoms with Crippen molar-refractivity contribution in [2.45, 2.75) is 12.8 Å². The number of rotatable bonds is 6. The highest BCUT2D eigenvalue weighted by Gasteiger charge is 2.14. The zero-order valence-corrected chi connectivity index (χ0v) is 12.8. The standard InChI is InChI=1S/C18H18N2O3/c1-20-10-9-18(19-20)23-16-8-7-15(12-21)17(11-16)22-13-14-5-3-2-4-6-14/h2-12,18-19H,13H2,1H3. The fraction of sp³-hybridized carbons (Fsp3) is 0.167. The number of benzene rings is 2. The maximum Gasteiger partial charge on any atom is 0.187 e. The zero-order chi connectivity index (χ0) is 16.1. The van der Waals surface area contributed by atoms with Crippen molar-refractivity contribution < 1.29 is 14.3 Å². The third-order valence-electron chi connectivity index (χ3n) is 3.43. The first-order valence-corrected chi connectivity index (χ1v) is 7.34. The minimum absolute atomic E-state index is 0.232. The Morgan fingerprint density at radius 1 is 1.22 bits per heavy atom. The largest absolute Gasteiger partial charge is 0.488 e. The Bertz CT molecular complexity index is 701. The fourth-order valence-electron chi connectivity index (χ4n) is 2.25. The van der Waals surface area contributed by atoms with Gasteiger partial charge >= 0.3 is 0 Å². The highest BCUT2D eigenvalue weighted by molar-refractivity contribution is 5.79. The minimum atomic E-state index is -0.232. The predicted molar refractivity (Wildman–Crippen MR) is 87.1 cm³/mol. The second-order valence-corrected chi connectivity index (χ2v) is 5.21. The van der Waals surface area contributed by atoms with Crippen molar-refractivity contribution in [1.29, 1.82) is 0 Å². The molecule has 0 radical (unpaired) electrons. The van der Waals surface area contributed by atoms with Gasteiger partial charge in [0.15, 0.2) is 12.5 Å². The van der Waals surface area contributed by atoms with Crippen LogP contribution in [0.2, 0.25) is 0 Å². The SMILES string of the molecule is CN1C=CC(Oc2ccc(C=O)c(OCc3ccccc3)c2)N1. The van der Waals surface area contributed by atoms with Gasteiger partial charge in [0.1, 0.15) is 18.1 Å². The molecule has 1 aliphatic heterocycles. The molecule has 0 amide bonds. The van der Waals surface area contributed by atoms with Gasteiger partial charge < -0.3 is 14.5 Å². The number of carbonyl (C=O) groups excluding carboxylic acids is 1. The van der Waals surface area contributed by atoms with E-state index in [1.807, 2.05) is 54.7 Å². The summed E-state index contributed by atoms with van der Waals surface area (Å²) in [4.78, 5) is 11.2. The average molecular weight is 310 g/mol. The minimum Gasteiger partial charge on any atom is -0.488 e. The van der Waals surface area contributed by atoms with Gasteiger partial charge in [-0.3, -0.25) is 4.79 Å². The van der Waals surface area contributed by atoms with Crippen molar-refractivity contribution in [2.24, 2.45) is 0 Å². The maximum atomic E-state index is 11.2. The first-order valence-electron chi connectivity index (χ1n) is 7.34. The molecule has 0 saturated heterocycles. The molecule has 23 heavy (non-hydrogen) atoms. The van der Waals surface area contributed by atoms with Crippen LogP contribution >= 0.6 is 0 Å². The molecule has 0 spiro atoms. The molecule has 1 aliphatic rings. The van der Waals surface area contributed by atoms with E-state index >= 15 is 0 Å². The van der Waals surface area contributed by atoms with Gasteiger partial charge in [0.25, 0.3) is 0 Å². The first kappa shape index (κ1) is 15.1. The number of ether oxygens (including phenoxy) is 2. The zero-order valence-electron chi connectivity index (χ0n) is 12.8. The van der Waals surface area contributed by atoms with Crippen molar-refractivity contribution in [3.63, 3.8) is 0 Å². The van der Waals surface area contributed by atoms with Crippen LogP contribution < -0.4 is 14.9 Å². The summed E-state index contributed by atoms with van der Waals surface area (Å²) in [5.74, 6) is 1.15. The molecule has 0 aromatic heterocycles. The lowest BCUT2D eigenvalue weighted by molar-refractivity contribution is 0.111. The monoisotopic (exact) mass is 310 g/mol. The van der Waals surface area contributed by atoms with Gasteiger partial charge in [-0.05, 0) is 23.8 Å². The molecule has 0 aliphatic carbocycles. The molecule has 1 heterocycles. The summed E-state index contributed by atoms with van der Waals surface area (Å²) in [6.45, 7) is 0.398. The summed E-state index contributed by atoms with van der Waals surface area (Å²) in [7, 11) is 1.89. The maximum absolute atomic E-state index is 11.2. The fourth-order valence-corrected chi connectivity index (χ4v) is 2.25. The Morgan fingerprint density at radius 2 is 2.04 bits per heavy atom. The Kier molecular flexibility index (Phi) is 4.59. The van der Waals surface area contributed by atoms with E-state index < -0.39 is 0 Å². The lowest BCUT2D eigenvalue weighted by atomic mass is 10.2. The average Bonchev–Trinajstić information content (AvgIpc) is 2.99. The van der Waals surface area contributed by atoms with E-state index in [0.29, 0.717) is 23.7 Å².